The number of likely N-dealkylation sites (tertiary alicyclic amines) is 1. The number of piperidine rings is 1. The highest BCUT2D eigenvalue weighted by Gasteiger charge is 2.55. The van der Waals surface area contributed by atoms with Crippen LogP contribution < -0.4 is 0 Å². The van der Waals surface area contributed by atoms with Crippen molar-refractivity contribution in [1.82, 2.24) is 4.90 Å². The minimum atomic E-state index is -0.0924. The van der Waals surface area contributed by atoms with E-state index < -0.39 is 0 Å². The molecule has 0 spiro atoms. The van der Waals surface area contributed by atoms with Gasteiger partial charge in [0.05, 0.1) is 5.41 Å². The number of carbonyl (C=O) groups excluding carboxylic acids is 1. The van der Waals surface area contributed by atoms with Gasteiger partial charge in [-0.25, -0.2) is 0 Å². The van der Waals surface area contributed by atoms with E-state index in [-0.39, 0.29) is 17.5 Å². The van der Waals surface area contributed by atoms with Gasteiger partial charge in [0.15, 0.2) is 0 Å². The Kier molecular flexibility index (Phi) is 3.96. The minimum Gasteiger partial charge on any atom is -0.461 e. The Morgan fingerprint density at radius 1 is 1.05 bits per heavy atom. The molecule has 5 rings (SSSR count). The zero-order valence-electron chi connectivity index (χ0n) is 14.1. The SMILES string of the molecule is CC(CN1CCCCC1)OC(=O)C12CC3CC(CC(C3)C1)C2. The predicted octanol–water partition coefficient (Wildman–Crippen LogP) is 3.62. The third kappa shape index (κ3) is 2.81. The maximum absolute atomic E-state index is 12.9. The van der Waals surface area contributed by atoms with Crippen LogP contribution >= 0.6 is 0 Å². The highest BCUT2D eigenvalue weighted by Crippen LogP contribution is 2.60. The van der Waals surface area contributed by atoms with Gasteiger partial charge in [0.2, 0.25) is 0 Å². The van der Waals surface area contributed by atoms with Gasteiger partial charge >= 0.3 is 5.97 Å². The molecule has 0 N–H and O–H groups in total. The molecule has 22 heavy (non-hydrogen) atoms. The van der Waals surface area contributed by atoms with Gasteiger partial charge in [-0.2, -0.15) is 0 Å². The molecule has 4 aliphatic carbocycles. The number of hydrogen-bond acceptors (Lipinski definition) is 3. The molecule has 1 saturated heterocycles. The third-order valence-corrected chi connectivity index (χ3v) is 6.74. The Hall–Kier alpha value is -0.570. The van der Waals surface area contributed by atoms with Gasteiger partial charge in [-0.3, -0.25) is 9.69 Å². The molecule has 1 atom stereocenters. The fourth-order valence-corrected chi connectivity index (χ4v) is 6.21. The van der Waals surface area contributed by atoms with Crippen molar-refractivity contribution in [3.05, 3.63) is 0 Å². The number of carbonyl (C=O) groups is 1. The summed E-state index contributed by atoms with van der Waals surface area (Å²) in [6.07, 6.45) is 11.5. The van der Waals surface area contributed by atoms with Gasteiger partial charge in [0, 0.05) is 6.54 Å². The molecule has 3 nitrogen and oxygen atoms in total. The number of rotatable bonds is 4. The molecule has 5 aliphatic rings. The van der Waals surface area contributed by atoms with Gasteiger partial charge in [-0.05, 0) is 89.1 Å². The molecule has 4 bridgehead atoms. The van der Waals surface area contributed by atoms with Crippen LogP contribution in [0, 0.1) is 23.2 Å². The van der Waals surface area contributed by atoms with E-state index in [4.69, 9.17) is 4.74 Å². The summed E-state index contributed by atoms with van der Waals surface area (Å²) in [5.74, 6) is 2.60. The van der Waals surface area contributed by atoms with Crippen LogP contribution in [0.25, 0.3) is 0 Å². The molecule has 1 aliphatic heterocycles. The molecule has 0 aromatic carbocycles. The first-order valence-electron chi connectivity index (χ1n) is 9.56. The molecule has 124 valence electrons. The summed E-state index contributed by atoms with van der Waals surface area (Å²) in [5, 5.41) is 0. The van der Waals surface area contributed by atoms with E-state index in [1.165, 1.54) is 51.6 Å². The molecular formula is C19H31NO2. The molecular weight excluding hydrogens is 274 g/mol. The summed E-state index contributed by atoms with van der Waals surface area (Å²) < 4.78 is 5.96. The fraction of sp³-hybridized carbons (Fsp3) is 0.947. The molecule has 1 heterocycles. The lowest BCUT2D eigenvalue weighted by atomic mass is 9.49. The van der Waals surface area contributed by atoms with Crippen molar-refractivity contribution in [2.24, 2.45) is 23.2 Å². The van der Waals surface area contributed by atoms with Crippen LogP contribution in [0.1, 0.15) is 64.7 Å². The van der Waals surface area contributed by atoms with Crippen molar-refractivity contribution >= 4 is 5.97 Å². The Morgan fingerprint density at radius 3 is 2.14 bits per heavy atom. The number of esters is 1. The second kappa shape index (κ2) is 5.81. The first kappa shape index (κ1) is 15.0. The summed E-state index contributed by atoms with van der Waals surface area (Å²) in [7, 11) is 0. The van der Waals surface area contributed by atoms with Crippen LogP contribution in [0.3, 0.4) is 0 Å². The van der Waals surface area contributed by atoms with Crippen LogP contribution in [-0.4, -0.2) is 36.6 Å². The summed E-state index contributed by atoms with van der Waals surface area (Å²) in [5.41, 5.74) is -0.0924. The topological polar surface area (TPSA) is 29.5 Å². The maximum atomic E-state index is 12.9. The lowest BCUT2D eigenvalue weighted by Gasteiger charge is -2.55. The van der Waals surface area contributed by atoms with Crippen molar-refractivity contribution in [1.29, 1.82) is 0 Å². The van der Waals surface area contributed by atoms with Gasteiger partial charge in [0.1, 0.15) is 6.10 Å². The highest BCUT2D eigenvalue weighted by molar-refractivity contribution is 5.77. The molecule has 0 aromatic rings. The van der Waals surface area contributed by atoms with E-state index in [0.717, 1.165) is 43.6 Å². The Balaban J connectivity index is 1.35. The van der Waals surface area contributed by atoms with Gasteiger partial charge in [0.25, 0.3) is 0 Å². The third-order valence-electron chi connectivity index (χ3n) is 6.74. The molecule has 3 heteroatoms. The maximum Gasteiger partial charge on any atom is 0.312 e. The summed E-state index contributed by atoms with van der Waals surface area (Å²) in [6.45, 7) is 5.38. The van der Waals surface area contributed by atoms with Crippen molar-refractivity contribution < 1.29 is 9.53 Å². The average Bonchev–Trinajstić information content (AvgIpc) is 2.46. The Bertz CT molecular complexity index is 392. The molecule has 4 saturated carbocycles. The normalized spacial score (nSPS) is 42.3. The highest BCUT2D eigenvalue weighted by atomic mass is 16.5. The van der Waals surface area contributed by atoms with Crippen LogP contribution in [0.4, 0.5) is 0 Å². The first-order valence-corrected chi connectivity index (χ1v) is 9.56. The van der Waals surface area contributed by atoms with Crippen LogP contribution in [-0.2, 0) is 9.53 Å². The number of nitrogens with zero attached hydrogens (tertiary/aromatic N) is 1. The molecule has 1 unspecified atom stereocenters. The van der Waals surface area contributed by atoms with E-state index in [0.29, 0.717) is 0 Å². The van der Waals surface area contributed by atoms with Crippen molar-refractivity contribution in [2.75, 3.05) is 19.6 Å². The molecule has 5 fully saturated rings. The predicted molar refractivity (Wildman–Crippen MR) is 86.5 cm³/mol. The Labute approximate surface area is 134 Å². The van der Waals surface area contributed by atoms with Crippen LogP contribution in [0.15, 0.2) is 0 Å². The van der Waals surface area contributed by atoms with E-state index in [1.54, 1.807) is 0 Å². The van der Waals surface area contributed by atoms with E-state index in [9.17, 15) is 4.79 Å². The van der Waals surface area contributed by atoms with E-state index >= 15 is 0 Å². The zero-order valence-corrected chi connectivity index (χ0v) is 14.1. The van der Waals surface area contributed by atoms with E-state index in [1.807, 2.05) is 0 Å². The van der Waals surface area contributed by atoms with E-state index in [2.05, 4.69) is 11.8 Å². The lowest BCUT2D eigenvalue weighted by molar-refractivity contribution is -0.177. The van der Waals surface area contributed by atoms with Gasteiger partial charge < -0.3 is 4.74 Å². The zero-order chi connectivity index (χ0) is 15.2. The smallest absolute Gasteiger partial charge is 0.312 e. The largest absolute Gasteiger partial charge is 0.461 e. The number of ether oxygens (including phenoxy) is 1. The molecule has 0 amide bonds. The van der Waals surface area contributed by atoms with Crippen molar-refractivity contribution in [3.8, 4) is 0 Å². The minimum absolute atomic E-state index is 0.0543. The first-order chi connectivity index (χ1) is 10.6. The van der Waals surface area contributed by atoms with Crippen LogP contribution in [0.5, 0.6) is 0 Å². The summed E-state index contributed by atoms with van der Waals surface area (Å²) in [6, 6.07) is 0. The van der Waals surface area contributed by atoms with Crippen molar-refractivity contribution in [3.63, 3.8) is 0 Å². The summed E-state index contributed by atoms with van der Waals surface area (Å²) >= 11 is 0. The van der Waals surface area contributed by atoms with Crippen molar-refractivity contribution in [2.45, 2.75) is 70.8 Å². The summed E-state index contributed by atoms with van der Waals surface area (Å²) in [4.78, 5) is 15.4. The van der Waals surface area contributed by atoms with Gasteiger partial charge in [-0.1, -0.05) is 6.42 Å². The fourth-order valence-electron chi connectivity index (χ4n) is 6.21. The monoisotopic (exact) mass is 305 g/mol. The quantitative estimate of drug-likeness (QED) is 0.743. The second-order valence-electron chi connectivity index (χ2n) is 8.78. The molecule has 0 radical (unpaired) electrons. The second-order valence-corrected chi connectivity index (χ2v) is 8.78. The molecule has 0 aromatic heterocycles. The van der Waals surface area contributed by atoms with Crippen LogP contribution in [0.2, 0.25) is 0 Å². The number of hydrogen-bond donors (Lipinski definition) is 0. The van der Waals surface area contributed by atoms with Gasteiger partial charge in [-0.15, -0.1) is 0 Å². The standard InChI is InChI=1S/C19H31NO2/c1-14(13-20-5-3-2-4-6-20)22-18(21)19-10-15-7-16(11-19)9-17(8-15)12-19/h14-17H,2-13H2,1H3. The lowest BCUT2D eigenvalue weighted by Crippen LogP contribution is -2.51. The average molecular weight is 305 g/mol. The Morgan fingerprint density at radius 2 is 1.59 bits per heavy atom.